The number of hydrogen-bond donors (Lipinski definition) is 2. The molecule has 33 heavy (non-hydrogen) atoms. The number of carboxylic acids is 1. The number of hydrogen-bond acceptors (Lipinski definition) is 3. The van der Waals surface area contributed by atoms with E-state index in [-0.39, 0.29) is 6.42 Å². The summed E-state index contributed by atoms with van der Waals surface area (Å²) in [5.41, 5.74) is 0.253. The van der Waals surface area contributed by atoms with Crippen LogP contribution in [-0.2, 0) is 16.0 Å². The van der Waals surface area contributed by atoms with E-state index < -0.39 is 44.8 Å². The van der Waals surface area contributed by atoms with Crippen LogP contribution < -0.4 is 8.90 Å². The van der Waals surface area contributed by atoms with Gasteiger partial charge in [0.15, 0.2) is 0 Å². The maximum atomic E-state index is 12.0. The Labute approximate surface area is 211 Å². The van der Waals surface area contributed by atoms with Crippen LogP contribution in [0.3, 0.4) is 0 Å². The van der Waals surface area contributed by atoms with Crippen LogP contribution in [0.25, 0.3) is 0 Å². The molecule has 6 heteroatoms. The second-order valence-corrected chi connectivity index (χ2v) is 15.5. The zero-order chi connectivity index (χ0) is 24.9. The van der Waals surface area contributed by atoms with Crippen LogP contribution in [0.15, 0.2) is 24.3 Å². The number of amides is 1. The number of alkyl carbamates (subject to hydrolysis) is 1. The third kappa shape index (κ3) is 12.1. The molecule has 1 amide bonds. The van der Waals surface area contributed by atoms with E-state index in [0.717, 1.165) is 5.56 Å². The van der Waals surface area contributed by atoms with E-state index in [1.165, 1.54) is 61.4 Å². The average Bonchev–Trinajstić information content (AvgIpc) is 2.74. The number of nitrogens with one attached hydrogen (secondary N) is 1. The normalized spacial score (nSPS) is 12.9. The van der Waals surface area contributed by atoms with Gasteiger partial charge in [-0.2, -0.15) is 0 Å². The molecule has 1 rings (SSSR count). The van der Waals surface area contributed by atoms with Crippen molar-refractivity contribution in [3.05, 3.63) is 29.8 Å². The zero-order valence-corrected chi connectivity index (χ0v) is 24.5. The molecule has 186 valence electrons. The fourth-order valence-corrected chi connectivity index (χ4v) is 9.31. The summed E-state index contributed by atoms with van der Waals surface area (Å²) >= 11 is -0.813. The molecule has 0 aliphatic rings. The first kappa shape index (κ1) is 29.8. The van der Waals surface area contributed by atoms with Crippen molar-refractivity contribution in [3.8, 4) is 0 Å². The molecule has 0 spiro atoms. The Bertz CT molecular complexity index is 690. The van der Waals surface area contributed by atoms with Gasteiger partial charge in [0.1, 0.15) is 0 Å². The van der Waals surface area contributed by atoms with Crippen molar-refractivity contribution in [2.75, 3.05) is 0 Å². The van der Waals surface area contributed by atoms with E-state index in [9.17, 15) is 14.7 Å². The second kappa shape index (κ2) is 14.9. The van der Waals surface area contributed by atoms with E-state index >= 15 is 0 Å². The Morgan fingerprint density at radius 3 is 1.82 bits per heavy atom. The molecule has 0 fully saturated rings. The summed E-state index contributed by atoms with van der Waals surface area (Å²) in [6, 6.07) is 7.52. The average molecular weight is 566 g/mol. The molecule has 5 nitrogen and oxygen atoms in total. The first-order chi connectivity index (χ1) is 15.5. The molecule has 0 aliphatic carbocycles. The van der Waals surface area contributed by atoms with Crippen molar-refractivity contribution in [3.63, 3.8) is 0 Å². The summed E-state index contributed by atoms with van der Waals surface area (Å²) in [6.45, 7) is 12.1. The van der Waals surface area contributed by atoms with Crippen LogP contribution in [-0.4, -0.2) is 50.0 Å². The predicted octanol–water partition coefficient (Wildman–Crippen LogP) is 6.27. The molecule has 1 aromatic rings. The Morgan fingerprint density at radius 1 is 0.939 bits per heavy atom. The van der Waals surface area contributed by atoms with Gasteiger partial charge in [-0.1, -0.05) is 0 Å². The SMILES string of the molecule is CCCC[C](CCCC)(CCCC)[Sn][c]1ccc(C[C@H](NC(=O)OC(C)(C)C)C(=O)O)cc1. The van der Waals surface area contributed by atoms with Gasteiger partial charge in [0.25, 0.3) is 0 Å². The standard InChI is InChI=1S/C14H18NO4.C13H27.Sn/c1-14(2,3)19-13(18)15-11(12(16)17)9-10-7-5-4-6-8-10;1-4-7-10-13(11-8-5-2)12-9-6-3;/h5-8,11H,9H2,1-3H3,(H,15,18)(H,16,17);4-12H2,1-3H3;/t11-;;/m0../s1. The van der Waals surface area contributed by atoms with Gasteiger partial charge >= 0.3 is 212 Å². The van der Waals surface area contributed by atoms with Crippen molar-refractivity contribution in [2.24, 2.45) is 0 Å². The second-order valence-electron chi connectivity index (χ2n) is 10.2. The van der Waals surface area contributed by atoms with Crippen LogP contribution in [0.5, 0.6) is 0 Å². The van der Waals surface area contributed by atoms with Gasteiger partial charge in [-0.25, -0.2) is 0 Å². The van der Waals surface area contributed by atoms with Crippen LogP contribution in [0, 0.1) is 0 Å². The first-order valence-electron chi connectivity index (χ1n) is 12.6. The Morgan fingerprint density at radius 2 is 1.42 bits per heavy atom. The summed E-state index contributed by atoms with van der Waals surface area (Å²) in [7, 11) is 0. The molecule has 1 aromatic carbocycles. The minimum absolute atomic E-state index is 0.243. The van der Waals surface area contributed by atoms with Crippen LogP contribution >= 0.6 is 0 Å². The summed E-state index contributed by atoms with van der Waals surface area (Å²) in [6.07, 6.45) is 11.3. The number of carboxylic acid groups (broad SMARTS) is 1. The molecule has 0 aliphatic heterocycles. The Hall–Kier alpha value is -1.24. The minimum atomic E-state index is -1.06. The number of benzene rings is 1. The molecule has 0 aromatic heterocycles. The molecule has 0 bridgehead atoms. The van der Waals surface area contributed by atoms with Crippen LogP contribution in [0.4, 0.5) is 4.79 Å². The van der Waals surface area contributed by atoms with E-state index in [0.29, 0.717) is 3.43 Å². The predicted molar refractivity (Wildman–Crippen MR) is 138 cm³/mol. The van der Waals surface area contributed by atoms with Gasteiger partial charge in [-0.05, 0) is 0 Å². The number of carbonyl (C=O) groups is 2. The molecule has 2 radical (unpaired) electrons. The van der Waals surface area contributed by atoms with Crippen molar-refractivity contribution >= 4 is 36.8 Å². The first-order valence-corrected chi connectivity index (χ1v) is 15.5. The topological polar surface area (TPSA) is 75.6 Å². The molecule has 0 saturated carbocycles. The number of ether oxygens (including phenoxy) is 1. The fraction of sp³-hybridized carbons (Fsp3) is 0.704. The van der Waals surface area contributed by atoms with E-state index in [1.807, 2.05) is 12.1 Å². The van der Waals surface area contributed by atoms with E-state index in [2.05, 4.69) is 38.2 Å². The number of aliphatic carboxylic acids is 1. The molecule has 1 atom stereocenters. The molecule has 0 unspecified atom stereocenters. The number of rotatable bonds is 15. The summed E-state index contributed by atoms with van der Waals surface area (Å²) in [5.74, 6) is -1.06. The Kier molecular flexibility index (Phi) is 13.4. The van der Waals surface area contributed by atoms with Crippen LogP contribution in [0.1, 0.15) is 105 Å². The third-order valence-corrected chi connectivity index (χ3v) is 11.2. The number of unbranched alkanes of at least 4 members (excludes halogenated alkanes) is 3. The molecule has 0 saturated heterocycles. The maximum absolute atomic E-state index is 12.0. The van der Waals surface area contributed by atoms with Gasteiger partial charge in [-0.15, -0.1) is 0 Å². The van der Waals surface area contributed by atoms with Crippen molar-refractivity contribution in [1.82, 2.24) is 5.32 Å². The molecule has 0 heterocycles. The monoisotopic (exact) mass is 567 g/mol. The van der Waals surface area contributed by atoms with Gasteiger partial charge in [0.2, 0.25) is 0 Å². The summed E-state index contributed by atoms with van der Waals surface area (Å²) < 4.78 is 7.23. The van der Waals surface area contributed by atoms with Crippen molar-refractivity contribution < 1.29 is 19.4 Å². The van der Waals surface area contributed by atoms with Crippen molar-refractivity contribution in [2.45, 2.75) is 121 Å². The fourth-order valence-electron chi connectivity index (χ4n) is 4.02. The third-order valence-electron chi connectivity index (χ3n) is 5.82. The van der Waals surface area contributed by atoms with Gasteiger partial charge in [0.05, 0.1) is 0 Å². The summed E-state index contributed by atoms with van der Waals surface area (Å²) in [5, 5.41) is 12.1. The summed E-state index contributed by atoms with van der Waals surface area (Å²) in [4.78, 5) is 23.7. The van der Waals surface area contributed by atoms with E-state index in [1.54, 1.807) is 20.8 Å². The molecule has 2 N–H and O–H groups in total. The Balaban J connectivity index is 2.92. The quantitative estimate of drug-likeness (QED) is 0.246. The zero-order valence-electron chi connectivity index (χ0n) is 21.6. The van der Waals surface area contributed by atoms with Crippen LogP contribution in [0.2, 0.25) is 3.43 Å². The van der Waals surface area contributed by atoms with Gasteiger partial charge in [-0.3, -0.25) is 0 Å². The van der Waals surface area contributed by atoms with Gasteiger partial charge in [0, 0.05) is 0 Å². The van der Waals surface area contributed by atoms with Crippen molar-refractivity contribution in [1.29, 1.82) is 0 Å². The number of carbonyl (C=O) groups excluding carboxylic acids is 1. The van der Waals surface area contributed by atoms with E-state index in [4.69, 9.17) is 4.74 Å². The van der Waals surface area contributed by atoms with Gasteiger partial charge < -0.3 is 0 Å². The molecular weight excluding hydrogens is 521 g/mol. The molecular formula is C27H45NO4Sn.